The van der Waals surface area contributed by atoms with Gasteiger partial charge in [0.1, 0.15) is 5.54 Å². The fourth-order valence-corrected chi connectivity index (χ4v) is 4.02. The van der Waals surface area contributed by atoms with E-state index in [9.17, 15) is 9.90 Å². The predicted molar refractivity (Wildman–Crippen MR) is 76.4 cm³/mol. The number of nitrogens with zero attached hydrogens (tertiary/aromatic N) is 1. The second kappa shape index (κ2) is 6.39. The molecule has 1 heterocycles. The van der Waals surface area contributed by atoms with E-state index >= 15 is 0 Å². The van der Waals surface area contributed by atoms with Crippen molar-refractivity contribution in [3.05, 3.63) is 24.5 Å². The molecular formula is C14H20N2O2S. The molecule has 2 unspecified atom stereocenters. The van der Waals surface area contributed by atoms with Gasteiger partial charge in [-0.3, -0.25) is 9.78 Å². The molecule has 104 valence electrons. The molecule has 0 radical (unpaired) electrons. The zero-order valence-electron chi connectivity index (χ0n) is 11.1. The first-order valence-electron chi connectivity index (χ1n) is 6.71. The van der Waals surface area contributed by atoms with Crippen LogP contribution in [-0.4, -0.2) is 33.4 Å². The van der Waals surface area contributed by atoms with E-state index in [4.69, 9.17) is 0 Å². The van der Waals surface area contributed by atoms with E-state index in [-0.39, 0.29) is 0 Å². The second-order valence-electron chi connectivity index (χ2n) is 4.94. The molecule has 1 fully saturated rings. The molecule has 0 saturated heterocycles. The average Bonchev–Trinajstić information content (AvgIpc) is 2.40. The number of carbonyl (C=O) groups is 1. The van der Waals surface area contributed by atoms with E-state index in [1.54, 1.807) is 24.2 Å². The molecule has 0 spiro atoms. The lowest BCUT2D eigenvalue weighted by atomic mass is 9.81. The van der Waals surface area contributed by atoms with Gasteiger partial charge in [0.15, 0.2) is 0 Å². The summed E-state index contributed by atoms with van der Waals surface area (Å²) in [7, 11) is 0. The van der Waals surface area contributed by atoms with Crippen LogP contribution in [0.15, 0.2) is 29.4 Å². The number of carboxylic acids is 1. The van der Waals surface area contributed by atoms with Gasteiger partial charge in [-0.25, -0.2) is 0 Å². The standard InChI is InChI=1S/C14H20N2O2S/c1-2-16-14(13(17)18)7-3-4-12(10-14)19-11-5-8-15-9-6-11/h5-6,8-9,12,16H,2-4,7,10H2,1H3,(H,17,18). The zero-order valence-corrected chi connectivity index (χ0v) is 11.9. The van der Waals surface area contributed by atoms with Crippen molar-refractivity contribution in [2.45, 2.75) is 48.3 Å². The molecule has 5 heteroatoms. The molecular weight excluding hydrogens is 260 g/mol. The number of likely N-dealkylation sites (N-methyl/N-ethyl adjacent to an activating group) is 1. The number of aromatic nitrogens is 1. The molecule has 2 atom stereocenters. The van der Waals surface area contributed by atoms with Crippen molar-refractivity contribution in [2.24, 2.45) is 0 Å². The molecule has 0 aromatic carbocycles. The number of nitrogens with one attached hydrogen (secondary N) is 1. The molecule has 1 aromatic heterocycles. The van der Waals surface area contributed by atoms with Crippen molar-refractivity contribution in [1.29, 1.82) is 0 Å². The molecule has 2 rings (SSSR count). The van der Waals surface area contributed by atoms with Crippen molar-refractivity contribution in [3.8, 4) is 0 Å². The van der Waals surface area contributed by atoms with E-state index in [2.05, 4.69) is 10.3 Å². The van der Waals surface area contributed by atoms with E-state index in [1.807, 2.05) is 19.1 Å². The van der Waals surface area contributed by atoms with E-state index in [0.29, 0.717) is 18.2 Å². The summed E-state index contributed by atoms with van der Waals surface area (Å²) in [6, 6.07) is 3.96. The maximum absolute atomic E-state index is 11.6. The summed E-state index contributed by atoms with van der Waals surface area (Å²) in [6.07, 6.45) is 7.00. The third-order valence-electron chi connectivity index (χ3n) is 3.58. The van der Waals surface area contributed by atoms with Crippen molar-refractivity contribution in [1.82, 2.24) is 10.3 Å². The Hall–Kier alpha value is -1.07. The molecule has 19 heavy (non-hydrogen) atoms. The van der Waals surface area contributed by atoms with Gasteiger partial charge in [-0.05, 0) is 44.4 Å². The molecule has 1 aromatic rings. The van der Waals surface area contributed by atoms with Crippen LogP contribution >= 0.6 is 11.8 Å². The first-order valence-corrected chi connectivity index (χ1v) is 7.59. The van der Waals surface area contributed by atoms with Crippen molar-refractivity contribution in [3.63, 3.8) is 0 Å². The fourth-order valence-electron chi connectivity index (χ4n) is 2.70. The summed E-state index contributed by atoms with van der Waals surface area (Å²) in [5, 5.41) is 13.1. The Morgan fingerprint density at radius 2 is 2.32 bits per heavy atom. The van der Waals surface area contributed by atoms with Gasteiger partial charge in [-0.15, -0.1) is 11.8 Å². The maximum atomic E-state index is 11.6. The quantitative estimate of drug-likeness (QED) is 0.868. The Morgan fingerprint density at radius 1 is 1.58 bits per heavy atom. The highest BCUT2D eigenvalue weighted by atomic mass is 32.2. The Bertz CT molecular complexity index is 423. The van der Waals surface area contributed by atoms with Gasteiger partial charge in [0, 0.05) is 22.5 Å². The maximum Gasteiger partial charge on any atom is 0.323 e. The van der Waals surface area contributed by atoms with Crippen LogP contribution in [0.25, 0.3) is 0 Å². The number of pyridine rings is 1. The Morgan fingerprint density at radius 3 is 2.95 bits per heavy atom. The summed E-state index contributed by atoms with van der Waals surface area (Å²) in [4.78, 5) is 16.8. The molecule has 2 N–H and O–H groups in total. The highest BCUT2D eigenvalue weighted by Crippen LogP contribution is 2.38. The first kappa shape index (κ1) is 14.3. The average molecular weight is 280 g/mol. The third kappa shape index (κ3) is 3.48. The first-order chi connectivity index (χ1) is 9.16. The van der Waals surface area contributed by atoms with Crippen LogP contribution in [0.4, 0.5) is 0 Å². The number of carboxylic acid groups (broad SMARTS) is 1. The highest BCUT2D eigenvalue weighted by Gasteiger charge is 2.42. The molecule has 1 aliphatic rings. The van der Waals surface area contributed by atoms with Crippen LogP contribution in [0.3, 0.4) is 0 Å². The lowest BCUT2D eigenvalue weighted by Gasteiger charge is -2.38. The normalized spacial score (nSPS) is 27.1. The van der Waals surface area contributed by atoms with Crippen LogP contribution in [0, 0.1) is 0 Å². The fraction of sp³-hybridized carbons (Fsp3) is 0.571. The second-order valence-corrected chi connectivity index (χ2v) is 6.31. The number of hydrogen-bond donors (Lipinski definition) is 2. The van der Waals surface area contributed by atoms with Crippen molar-refractivity contribution in [2.75, 3.05) is 6.54 Å². The lowest BCUT2D eigenvalue weighted by Crippen LogP contribution is -2.55. The summed E-state index contributed by atoms with van der Waals surface area (Å²) >= 11 is 1.77. The largest absolute Gasteiger partial charge is 0.480 e. The van der Waals surface area contributed by atoms with E-state index in [1.165, 1.54) is 0 Å². The predicted octanol–water partition coefficient (Wildman–Crippen LogP) is 2.55. The summed E-state index contributed by atoms with van der Waals surface area (Å²) < 4.78 is 0. The van der Waals surface area contributed by atoms with Gasteiger partial charge < -0.3 is 10.4 Å². The smallest absolute Gasteiger partial charge is 0.323 e. The molecule has 0 amide bonds. The van der Waals surface area contributed by atoms with Crippen LogP contribution < -0.4 is 5.32 Å². The van der Waals surface area contributed by atoms with Gasteiger partial charge in [0.2, 0.25) is 0 Å². The van der Waals surface area contributed by atoms with Crippen molar-refractivity contribution >= 4 is 17.7 Å². The highest BCUT2D eigenvalue weighted by molar-refractivity contribution is 8.00. The van der Waals surface area contributed by atoms with Gasteiger partial charge >= 0.3 is 5.97 Å². The van der Waals surface area contributed by atoms with E-state index in [0.717, 1.165) is 24.2 Å². The third-order valence-corrected chi connectivity index (χ3v) is 4.86. The Balaban J connectivity index is 2.05. The SMILES string of the molecule is CCNC1(C(=O)O)CCCC(Sc2ccncc2)C1. The lowest BCUT2D eigenvalue weighted by molar-refractivity contribution is -0.146. The minimum atomic E-state index is -0.738. The number of hydrogen-bond acceptors (Lipinski definition) is 4. The van der Waals surface area contributed by atoms with Crippen LogP contribution in [0.5, 0.6) is 0 Å². The zero-order chi connectivity index (χ0) is 13.7. The topological polar surface area (TPSA) is 62.2 Å². The minimum Gasteiger partial charge on any atom is -0.480 e. The number of aliphatic carboxylic acids is 1. The van der Waals surface area contributed by atoms with Crippen LogP contribution in [0.1, 0.15) is 32.6 Å². The number of rotatable bonds is 5. The Labute approximate surface area is 118 Å². The van der Waals surface area contributed by atoms with Crippen LogP contribution in [0.2, 0.25) is 0 Å². The van der Waals surface area contributed by atoms with Gasteiger partial charge in [0.25, 0.3) is 0 Å². The van der Waals surface area contributed by atoms with Gasteiger partial charge in [-0.2, -0.15) is 0 Å². The molecule has 4 nitrogen and oxygen atoms in total. The molecule has 0 bridgehead atoms. The Kier molecular flexibility index (Phi) is 4.82. The summed E-state index contributed by atoms with van der Waals surface area (Å²) in [5.41, 5.74) is -0.738. The molecule has 0 aliphatic heterocycles. The minimum absolute atomic E-state index is 0.353. The van der Waals surface area contributed by atoms with E-state index < -0.39 is 11.5 Å². The summed E-state index contributed by atoms with van der Waals surface area (Å²) in [5.74, 6) is -0.714. The molecule has 1 saturated carbocycles. The molecule has 1 aliphatic carbocycles. The van der Waals surface area contributed by atoms with Crippen LogP contribution in [-0.2, 0) is 4.79 Å². The van der Waals surface area contributed by atoms with Crippen molar-refractivity contribution < 1.29 is 9.90 Å². The van der Waals surface area contributed by atoms with Gasteiger partial charge in [0.05, 0.1) is 0 Å². The summed E-state index contributed by atoms with van der Waals surface area (Å²) in [6.45, 7) is 2.66. The monoisotopic (exact) mass is 280 g/mol. The number of thioether (sulfide) groups is 1. The van der Waals surface area contributed by atoms with Gasteiger partial charge in [-0.1, -0.05) is 6.92 Å².